The number of nitrogens with zero attached hydrogens (tertiary/aromatic N) is 3. The molecule has 0 unspecified atom stereocenters. The molecule has 3 fully saturated rings. The van der Waals surface area contributed by atoms with Gasteiger partial charge in [0.05, 0.1) is 11.6 Å². The molecule has 0 radical (unpaired) electrons. The third kappa shape index (κ3) is 1.88. The minimum absolute atomic E-state index is 0.110. The van der Waals surface area contributed by atoms with Crippen molar-refractivity contribution in [2.45, 2.75) is 31.8 Å². The second kappa shape index (κ2) is 3.92. The van der Waals surface area contributed by atoms with E-state index in [0.717, 1.165) is 44.7 Å². The van der Waals surface area contributed by atoms with Crippen LogP contribution in [0.3, 0.4) is 0 Å². The molecule has 2 aliphatic carbocycles. The van der Waals surface area contributed by atoms with Gasteiger partial charge in [0, 0.05) is 38.3 Å². The molecule has 0 spiro atoms. The molecule has 5 nitrogen and oxygen atoms in total. The molecule has 5 heteroatoms. The molecule has 19 heavy (non-hydrogen) atoms. The van der Waals surface area contributed by atoms with Gasteiger partial charge in [-0.1, -0.05) is 0 Å². The summed E-state index contributed by atoms with van der Waals surface area (Å²) in [6.07, 6.45) is 9.13. The number of aromatic nitrogens is 2. The average Bonchev–Trinajstić information content (AvgIpc) is 3.29. The Hall–Kier alpha value is -1.65. The summed E-state index contributed by atoms with van der Waals surface area (Å²) in [5, 5.41) is 0. The van der Waals surface area contributed by atoms with E-state index >= 15 is 0 Å². The number of carbonyl (C=O) groups is 1. The second-order valence-corrected chi connectivity index (χ2v) is 5.91. The Labute approximate surface area is 112 Å². The monoisotopic (exact) mass is 259 g/mol. The molecule has 3 aliphatic rings. The quantitative estimate of drug-likeness (QED) is 0.820. The van der Waals surface area contributed by atoms with Crippen LogP contribution in [0.25, 0.3) is 0 Å². The summed E-state index contributed by atoms with van der Waals surface area (Å²) >= 11 is 0. The highest BCUT2D eigenvalue weighted by atomic mass is 16.5. The van der Waals surface area contributed by atoms with E-state index in [1.54, 1.807) is 18.6 Å². The van der Waals surface area contributed by atoms with Crippen molar-refractivity contribution in [1.82, 2.24) is 14.9 Å². The fraction of sp³-hybridized carbons (Fsp3) is 0.643. The Balaban J connectivity index is 1.31. The van der Waals surface area contributed by atoms with Crippen molar-refractivity contribution in [2.75, 3.05) is 13.1 Å². The SMILES string of the molecule is O=C(N1CCC(Oc2cnccn2)CC1)C12CC1C2. The molecular weight excluding hydrogens is 242 g/mol. The van der Waals surface area contributed by atoms with Crippen LogP contribution in [-0.4, -0.2) is 40.0 Å². The molecule has 2 saturated carbocycles. The molecule has 1 aliphatic heterocycles. The van der Waals surface area contributed by atoms with Crippen molar-refractivity contribution >= 4 is 5.91 Å². The van der Waals surface area contributed by atoms with Gasteiger partial charge in [0.1, 0.15) is 6.10 Å². The van der Waals surface area contributed by atoms with Gasteiger partial charge in [-0.05, 0) is 18.8 Å². The smallest absolute Gasteiger partial charge is 0.232 e. The molecule has 4 rings (SSSR count). The first-order valence-corrected chi connectivity index (χ1v) is 7.00. The summed E-state index contributed by atoms with van der Waals surface area (Å²) in [6, 6.07) is 0. The number of hydrogen-bond acceptors (Lipinski definition) is 4. The molecule has 0 atom stereocenters. The van der Waals surface area contributed by atoms with Gasteiger partial charge in [-0.25, -0.2) is 4.98 Å². The lowest BCUT2D eigenvalue weighted by molar-refractivity contribution is -0.136. The predicted octanol–water partition coefficient (Wildman–Crippen LogP) is 1.26. The zero-order chi connectivity index (χ0) is 12.9. The number of hydrogen-bond donors (Lipinski definition) is 0. The molecule has 1 aromatic rings. The van der Waals surface area contributed by atoms with Crippen molar-refractivity contribution in [3.8, 4) is 5.88 Å². The summed E-state index contributed by atoms with van der Waals surface area (Å²) in [6.45, 7) is 1.64. The van der Waals surface area contributed by atoms with Gasteiger partial charge in [0.2, 0.25) is 11.8 Å². The average molecular weight is 259 g/mol. The van der Waals surface area contributed by atoms with E-state index in [1.807, 2.05) is 4.90 Å². The first kappa shape index (κ1) is 11.2. The zero-order valence-corrected chi connectivity index (χ0v) is 10.8. The maximum absolute atomic E-state index is 12.3. The molecule has 2 heterocycles. The molecule has 1 aromatic heterocycles. The third-order valence-electron chi connectivity index (χ3n) is 4.66. The number of piperidine rings is 1. The van der Waals surface area contributed by atoms with Gasteiger partial charge < -0.3 is 9.64 Å². The lowest BCUT2D eigenvalue weighted by Crippen LogP contribution is -2.43. The van der Waals surface area contributed by atoms with Crippen LogP contribution in [0.4, 0.5) is 0 Å². The van der Waals surface area contributed by atoms with Crippen molar-refractivity contribution in [3.05, 3.63) is 18.6 Å². The van der Waals surface area contributed by atoms with Crippen molar-refractivity contribution < 1.29 is 9.53 Å². The summed E-state index contributed by atoms with van der Waals surface area (Å²) in [4.78, 5) is 22.4. The molecule has 1 amide bonds. The van der Waals surface area contributed by atoms with Crippen LogP contribution in [0.5, 0.6) is 5.88 Å². The minimum atomic E-state index is 0.110. The maximum atomic E-state index is 12.3. The van der Waals surface area contributed by atoms with E-state index < -0.39 is 0 Å². The Kier molecular flexibility index (Phi) is 2.31. The number of amides is 1. The van der Waals surface area contributed by atoms with Gasteiger partial charge in [-0.3, -0.25) is 9.78 Å². The van der Waals surface area contributed by atoms with E-state index in [2.05, 4.69) is 9.97 Å². The van der Waals surface area contributed by atoms with E-state index in [-0.39, 0.29) is 11.5 Å². The Morgan fingerprint density at radius 3 is 2.63 bits per heavy atom. The molecule has 1 saturated heterocycles. The number of carbonyl (C=O) groups excluding carboxylic acids is 1. The fourth-order valence-corrected chi connectivity index (χ4v) is 3.06. The highest BCUT2D eigenvalue weighted by Crippen LogP contribution is 2.76. The predicted molar refractivity (Wildman–Crippen MR) is 67.4 cm³/mol. The second-order valence-electron chi connectivity index (χ2n) is 5.91. The van der Waals surface area contributed by atoms with Gasteiger partial charge in [-0.2, -0.15) is 0 Å². The molecule has 0 N–H and O–H groups in total. The van der Waals surface area contributed by atoms with Crippen molar-refractivity contribution in [3.63, 3.8) is 0 Å². The Morgan fingerprint density at radius 2 is 2.05 bits per heavy atom. The number of fused-ring (bicyclic) bond motifs is 1. The van der Waals surface area contributed by atoms with Crippen LogP contribution >= 0.6 is 0 Å². The summed E-state index contributed by atoms with van der Waals surface area (Å²) in [5.74, 6) is 1.71. The number of rotatable bonds is 3. The molecule has 0 bridgehead atoms. The highest BCUT2D eigenvalue weighted by molar-refractivity contribution is 5.90. The summed E-state index contributed by atoms with van der Waals surface area (Å²) < 4.78 is 5.78. The van der Waals surface area contributed by atoms with Gasteiger partial charge in [-0.15, -0.1) is 0 Å². The van der Waals surface area contributed by atoms with Crippen LogP contribution in [0.15, 0.2) is 18.6 Å². The van der Waals surface area contributed by atoms with Crippen molar-refractivity contribution in [1.29, 1.82) is 0 Å². The van der Waals surface area contributed by atoms with Gasteiger partial charge in [0.15, 0.2) is 0 Å². The number of ether oxygens (including phenoxy) is 1. The van der Waals surface area contributed by atoms with Gasteiger partial charge in [0.25, 0.3) is 0 Å². The van der Waals surface area contributed by atoms with Gasteiger partial charge >= 0.3 is 0 Å². The first-order chi connectivity index (χ1) is 9.28. The standard InChI is InChI=1S/C14H17N3O2/c18-13(14-7-10(14)8-14)17-5-1-11(2-6-17)19-12-9-15-3-4-16-12/h3-4,9-11H,1-2,5-8H2. The van der Waals surface area contributed by atoms with Crippen LogP contribution in [0.1, 0.15) is 25.7 Å². The first-order valence-electron chi connectivity index (χ1n) is 7.00. The van der Waals surface area contributed by atoms with E-state index in [0.29, 0.717) is 11.8 Å². The summed E-state index contributed by atoms with van der Waals surface area (Å²) in [7, 11) is 0. The lowest BCUT2D eigenvalue weighted by atomic mass is 10.1. The summed E-state index contributed by atoms with van der Waals surface area (Å²) in [5.41, 5.74) is 0.110. The van der Waals surface area contributed by atoms with E-state index in [9.17, 15) is 4.79 Å². The van der Waals surface area contributed by atoms with Crippen LogP contribution in [-0.2, 0) is 4.79 Å². The minimum Gasteiger partial charge on any atom is -0.473 e. The Morgan fingerprint density at radius 1 is 1.32 bits per heavy atom. The fourth-order valence-electron chi connectivity index (χ4n) is 3.06. The largest absolute Gasteiger partial charge is 0.473 e. The third-order valence-corrected chi connectivity index (χ3v) is 4.66. The van der Waals surface area contributed by atoms with Crippen LogP contribution < -0.4 is 4.74 Å². The molecule has 0 aromatic carbocycles. The normalized spacial score (nSPS) is 32.6. The van der Waals surface area contributed by atoms with Crippen LogP contribution in [0, 0.1) is 11.3 Å². The van der Waals surface area contributed by atoms with E-state index in [1.165, 1.54) is 0 Å². The molecular formula is C14H17N3O2. The van der Waals surface area contributed by atoms with Crippen molar-refractivity contribution in [2.24, 2.45) is 11.3 Å². The van der Waals surface area contributed by atoms with E-state index in [4.69, 9.17) is 4.74 Å². The zero-order valence-electron chi connectivity index (χ0n) is 10.8. The highest BCUT2D eigenvalue weighted by Gasteiger charge is 2.75. The Bertz CT molecular complexity index is 491. The maximum Gasteiger partial charge on any atom is 0.232 e. The topological polar surface area (TPSA) is 55.3 Å². The lowest BCUT2D eigenvalue weighted by Gasteiger charge is -2.32. The van der Waals surface area contributed by atoms with Crippen LogP contribution in [0.2, 0.25) is 0 Å². The number of likely N-dealkylation sites (tertiary alicyclic amines) is 1. The molecule has 100 valence electrons.